The summed E-state index contributed by atoms with van der Waals surface area (Å²) in [7, 11) is 0. The summed E-state index contributed by atoms with van der Waals surface area (Å²) in [5, 5.41) is 13.7. The molecule has 0 bridgehead atoms. The largest absolute Gasteiger partial charge is 0.413 e. The van der Waals surface area contributed by atoms with Crippen LogP contribution >= 0.6 is 12.0 Å². The summed E-state index contributed by atoms with van der Waals surface area (Å²) < 4.78 is 5.89. The zero-order valence-corrected chi connectivity index (χ0v) is 15.1. The molecule has 4 nitrogen and oxygen atoms in total. The van der Waals surface area contributed by atoms with Crippen molar-refractivity contribution >= 4 is 28.5 Å². The van der Waals surface area contributed by atoms with Crippen LogP contribution in [0.3, 0.4) is 0 Å². The molecule has 0 spiro atoms. The van der Waals surface area contributed by atoms with Gasteiger partial charge in [-0.3, -0.25) is 10.1 Å². The number of para-hydroxylation sites is 1. The molecule has 0 atom stereocenters. The first kappa shape index (κ1) is 17.1. The number of nitro groups is 1. The summed E-state index contributed by atoms with van der Waals surface area (Å²) in [6.45, 7) is 0. The van der Waals surface area contributed by atoms with Gasteiger partial charge in [0.2, 0.25) is 5.75 Å². The van der Waals surface area contributed by atoms with Crippen LogP contribution < -0.4 is 4.18 Å². The molecule has 0 amide bonds. The molecule has 0 aliphatic carbocycles. The summed E-state index contributed by atoms with van der Waals surface area (Å²) in [4.78, 5) is 12.0. The number of rotatable bonds is 5. The van der Waals surface area contributed by atoms with E-state index in [2.05, 4.69) is 0 Å². The molecule has 0 N–H and O–H groups in total. The number of hydrogen-bond donors (Lipinski definition) is 0. The minimum absolute atomic E-state index is 0.0513. The van der Waals surface area contributed by atoms with Crippen LogP contribution in [0.5, 0.6) is 5.75 Å². The summed E-state index contributed by atoms with van der Waals surface area (Å²) in [6, 6.07) is 28.5. The lowest BCUT2D eigenvalue weighted by Crippen LogP contribution is -1.95. The molecule has 0 saturated heterocycles. The summed E-state index contributed by atoms with van der Waals surface area (Å²) in [5.74, 6) is 0.256. The fourth-order valence-electron chi connectivity index (χ4n) is 2.91. The highest BCUT2D eigenvalue weighted by molar-refractivity contribution is 7.95. The van der Waals surface area contributed by atoms with Gasteiger partial charge >= 0.3 is 5.69 Å². The fourth-order valence-corrected chi connectivity index (χ4v) is 3.56. The highest BCUT2D eigenvalue weighted by Gasteiger charge is 2.21. The van der Waals surface area contributed by atoms with Crippen molar-refractivity contribution in [1.82, 2.24) is 0 Å². The number of hydrogen-bond acceptors (Lipinski definition) is 4. The zero-order chi connectivity index (χ0) is 18.6. The van der Waals surface area contributed by atoms with E-state index in [1.54, 1.807) is 6.07 Å². The Balaban J connectivity index is 1.70. The third-order valence-corrected chi connectivity index (χ3v) is 4.91. The van der Waals surface area contributed by atoms with Crippen LogP contribution in [0.2, 0.25) is 0 Å². The minimum Gasteiger partial charge on any atom is -0.413 e. The van der Waals surface area contributed by atoms with Crippen molar-refractivity contribution in [3.8, 4) is 16.9 Å². The van der Waals surface area contributed by atoms with E-state index in [1.807, 2.05) is 78.9 Å². The maximum absolute atomic E-state index is 11.5. The van der Waals surface area contributed by atoms with E-state index in [-0.39, 0.29) is 11.4 Å². The first-order valence-electron chi connectivity index (χ1n) is 8.38. The quantitative estimate of drug-likeness (QED) is 0.228. The molecular weight excluding hydrogens is 358 g/mol. The van der Waals surface area contributed by atoms with Gasteiger partial charge in [-0.1, -0.05) is 72.8 Å². The lowest BCUT2D eigenvalue weighted by molar-refractivity contribution is -0.385. The van der Waals surface area contributed by atoms with Gasteiger partial charge in [-0.2, -0.15) is 0 Å². The van der Waals surface area contributed by atoms with Crippen molar-refractivity contribution in [1.29, 1.82) is 0 Å². The van der Waals surface area contributed by atoms with Crippen molar-refractivity contribution in [3.63, 3.8) is 0 Å². The number of nitrogens with zero attached hydrogens (tertiary/aromatic N) is 1. The van der Waals surface area contributed by atoms with E-state index >= 15 is 0 Å². The summed E-state index contributed by atoms with van der Waals surface area (Å²) >= 11 is 1.12. The van der Waals surface area contributed by atoms with Crippen LogP contribution in [0, 0.1) is 10.1 Å². The Labute approximate surface area is 160 Å². The van der Waals surface area contributed by atoms with Crippen molar-refractivity contribution in [2.75, 3.05) is 0 Å². The molecule has 0 aliphatic rings. The first-order valence-corrected chi connectivity index (χ1v) is 9.13. The molecule has 132 valence electrons. The Morgan fingerprint density at radius 2 is 1.52 bits per heavy atom. The van der Waals surface area contributed by atoms with E-state index in [9.17, 15) is 10.1 Å². The third kappa shape index (κ3) is 3.64. The van der Waals surface area contributed by atoms with Gasteiger partial charge in [-0.25, -0.2) is 0 Å². The van der Waals surface area contributed by atoms with Gasteiger partial charge in [-0.15, -0.1) is 0 Å². The van der Waals surface area contributed by atoms with E-state index in [0.29, 0.717) is 5.56 Å². The molecule has 4 aromatic rings. The molecule has 4 rings (SSSR count). The molecule has 0 unspecified atom stereocenters. The van der Waals surface area contributed by atoms with Gasteiger partial charge in [0, 0.05) is 16.5 Å². The Hall–Kier alpha value is -3.31. The first-order chi connectivity index (χ1) is 13.2. The standard InChI is InChI=1S/C22H15NO3S/c24-23(25)21-12-6-11-20(17-8-2-1-3-9-17)22(21)26-27-19-14-13-16-7-4-5-10-18(16)15-19/h1-15H. The molecule has 0 heterocycles. The van der Waals surface area contributed by atoms with Gasteiger partial charge in [0.1, 0.15) is 0 Å². The number of fused-ring (bicyclic) bond motifs is 1. The second-order valence-electron chi connectivity index (χ2n) is 5.95. The maximum Gasteiger partial charge on any atom is 0.313 e. The van der Waals surface area contributed by atoms with Gasteiger partial charge in [-0.05, 0) is 28.5 Å². The van der Waals surface area contributed by atoms with E-state index in [4.69, 9.17) is 4.18 Å². The molecule has 0 fully saturated rings. The van der Waals surface area contributed by atoms with E-state index in [1.165, 1.54) is 6.07 Å². The second kappa shape index (κ2) is 7.51. The van der Waals surface area contributed by atoms with Crippen LogP contribution in [-0.2, 0) is 0 Å². The van der Waals surface area contributed by atoms with Crippen molar-refractivity contribution < 1.29 is 9.11 Å². The van der Waals surface area contributed by atoms with Crippen LogP contribution in [0.4, 0.5) is 5.69 Å². The summed E-state index contributed by atoms with van der Waals surface area (Å²) in [6.07, 6.45) is 0. The average molecular weight is 373 g/mol. The predicted molar refractivity (Wildman–Crippen MR) is 109 cm³/mol. The van der Waals surface area contributed by atoms with Crippen molar-refractivity contribution in [2.24, 2.45) is 0 Å². The average Bonchev–Trinajstić information content (AvgIpc) is 2.72. The van der Waals surface area contributed by atoms with Crippen LogP contribution in [-0.4, -0.2) is 4.92 Å². The monoisotopic (exact) mass is 373 g/mol. The normalized spacial score (nSPS) is 10.7. The molecule has 4 aromatic carbocycles. The molecule has 5 heteroatoms. The highest BCUT2D eigenvalue weighted by atomic mass is 32.2. The Morgan fingerprint density at radius 1 is 0.778 bits per heavy atom. The molecule has 27 heavy (non-hydrogen) atoms. The Kier molecular flexibility index (Phi) is 4.77. The van der Waals surface area contributed by atoms with E-state index < -0.39 is 4.92 Å². The van der Waals surface area contributed by atoms with Gasteiger partial charge < -0.3 is 4.18 Å². The predicted octanol–water partition coefficient (Wildman–Crippen LogP) is 6.50. The van der Waals surface area contributed by atoms with Gasteiger partial charge in [0.05, 0.1) is 17.0 Å². The molecular formula is C22H15NO3S. The van der Waals surface area contributed by atoms with E-state index in [0.717, 1.165) is 33.3 Å². The zero-order valence-electron chi connectivity index (χ0n) is 14.2. The molecule has 0 radical (unpaired) electrons. The lowest BCUT2D eigenvalue weighted by Gasteiger charge is -2.11. The maximum atomic E-state index is 11.5. The van der Waals surface area contributed by atoms with Crippen molar-refractivity contribution in [2.45, 2.75) is 4.90 Å². The van der Waals surface area contributed by atoms with Gasteiger partial charge in [0.25, 0.3) is 0 Å². The van der Waals surface area contributed by atoms with Gasteiger partial charge in [0.15, 0.2) is 0 Å². The molecule has 0 saturated carbocycles. The SMILES string of the molecule is O=[N+]([O-])c1cccc(-c2ccccc2)c1OSc1ccc2ccccc2c1. The number of nitro benzene ring substituents is 1. The topological polar surface area (TPSA) is 52.4 Å². The number of benzene rings is 4. The highest BCUT2D eigenvalue weighted by Crippen LogP contribution is 2.41. The van der Waals surface area contributed by atoms with Crippen LogP contribution in [0.1, 0.15) is 0 Å². The lowest BCUT2D eigenvalue weighted by atomic mass is 10.0. The molecule has 0 aromatic heterocycles. The minimum atomic E-state index is -0.414. The van der Waals surface area contributed by atoms with Crippen molar-refractivity contribution in [3.05, 3.63) is 101 Å². The molecule has 0 aliphatic heterocycles. The van der Waals surface area contributed by atoms with Crippen LogP contribution in [0.25, 0.3) is 21.9 Å². The Morgan fingerprint density at radius 3 is 2.30 bits per heavy atom. The Bertz CT molecular complexity index is 1110. The fraction of sp³-hybridized carbons (Fsp3) is 0. The summed E-state index contributed by atoms with van der Waals surface area (Å²) in [5.41, 5.74) is 1.51. The second-order valence-corrected chi connectivity index (χ2v) is 6.76. The van der Waals surface area contributed by atoms with Crippen LogP contribution in [0.15, 0.2) is 95.9 Å². The smallest absolute Gasteiger partial charge is 0.313 e. The third-order valence-electron chi connectivity index (χ3n) is 4.22.